The van der Waals surface area contributed by atoms with Gasteiger partial charge in [0.25, 0.3) is 0 Å². The topological polar surface area (TPSA) is 100 Å². The second-order valence-electron chi connectivity index (χ2n) is 5.23. The Bertz CT molecular complexity index is 615. The first-order valence-electron chi connectivity index (χ1n) is 7.67. The van der Waals surface area contributed by atoms with Crippen molar-refractivity contribution in [1.29, 1.82) is 0 Å². The smallest absolute Gasteiger partial charge is 0.315 e. The summed E-state index contributed by atoms with van der Waals surface area (Å²) in [6, 6.07) is 8.63. The number of hydrogen-bond donors (Lipinski definition) is 3. The number of aryl methyl sites for hydroxylation is 1. The van der Waals surface area contributed by atoms with Gasteiger partial charge in [0.1, 0.15) is 0 Å². The van der Waals surface area contributed by atoms with Crippen molar-refractivity contribution in [1.82, 2.24) is 20.8 Å². The van der Waals surface area contributed by atoms with E-state index < -0.39 is 0 Å². The molecule has 0 bridgehead atoms. The number of aliphatic hydroxyl groups is 1. The van der Waals surface area contributed by atoms with Crippen LogP contribution >= 0.6 is 0 Å². The lowest BCUT2D eigenvalue weighted by atomic mass is 10.0. The van der Waals surface area contributed by atoms with E-state index in [4.69, 9.17) is 4.52 Å². The van der Waals surface area contributed by atoms with Crippen LogP contribution in [0.4, 0.5) is 4.79 Å². The summed E-state index contributed by atoms with van der Waals surface area (Å²) in [5.74, 6) is 0.918. The van der Waals surface area contributed by atoms with Crippen LogP contribution in [0, 0.1) is 6.92 Å². The van der Waals surface area contributed by atoms with Crippen LogP contribution in [0.25, 0.3) is 0 Å². The molecule has 0 saturated carbocycles. The van der Waals surface area contributed by atoms with Crippen molar-refractivity contribution in [2.75, 3.05) is 6.61 Å². The molecule has 0 saturated heterocycles. The monoisotopic (exact) mass is 318 g/mol. The molecule has 0 aliphatic heterocycles. The lowest BCUT2D eigenvalue weighted by molar-refractivity contribution is 0.224. The van der Waals surface area contributed by atoms with Crippen molar-refractivity contribution in [3.05, 3.63) is 47.6 Å². The molecule has 1 unspecified atom stereocenters. The largest absolute Gasteiger partial charge is 0.396 e. The van der Waals surface area contributed by atoms with Crippen molar-refractivity contribution in [2.45, 2.75) is 38.8 Å². The molecule has 23 heavy (non-hydrogen) atoms. The third-order valence-corrected chi connectivity index (χ3v) is 3.49. The Morgan fingerprint density at radius 3 is 2.52 bits per heavy atom. The second kappa shape index (κ2) is 8.28. The molecule has 2 aromatic rings. The van der Waals surface area contributed by atoms with Gasteiger partial charge in [-0.3, -0.25) is 0 Å². The van der Waals surface area contributed by atoms with E-state index in [0.29, 0.717) is 24.6 Å². The molecule has 0 fully saturated rings. The molecule has 7 heteroatoms. The normalized spacial score (nSPS) is 13.3. The first kappa shape index (κ1) is 17.0. The zero-order chi connectivity index (χ0) is 16.7. The molecule has 0 spiro atoms. The number of aromatic nitrogens is 2. The molecule has 0 radical (unpaired) electrons. The van der Waals surface area contributed by atoms with Crippen LogP contribution in [0.3, 0.4) is 0 Å². The summed E-state index contributed by atoms with van der Waals surface area (Å²) >= 11 is 0. The Balaban J connectivity index is 2.01. The van der Waals surface area contributed by atoms with E-state index in [1.165, 1.54) is 0 Å². The fraction of sp³-hybridized carbons (Fsp3) is 0.438. The highest BCUT2D eigenvalue weighted by Crippen LogP contribution is 2.17. The van der Waals surface area contributed by atoms with Crippen molar-refractivity contribution in [2.24, 2.45) is 0 Å². The molecule has 2 atom stereocenters. The third kappa shape index (κ3) is 4.79. The van der Waals surface area contributed by atoms with E-state index >= 15 is 0 Å². The standard InChI is InChI=1S/C16H22N4O3/c1-3-13(15-17-11(2)23-20-15)18-16(22)19-14(9-10-21)12-7-5-4-6-8-12/h4-8,13-14,21H,3,9-10H2,1-2H3,(H2,18,19,22)/t13?,14-/m1/s1. The summed E-state index contributed by atoms with van der Waals surface area (Å²) in [6.07, 6.45) is 1.08. The quantitative estimate of drug-likeness (QED) is 0.727. The maximum Gasteiger partial charge on any atom is 0.315 e. The molecule has 124 valence electrons. The van der Waals surface area contributed by atoms with Crippen molar-refractivity contribution < 1.29 is 14.4 Å². The Labute approximate surface area is 135 Å². The average molecular weight is 318 g/mol. The average Bonchev–Trinajstić information content (AvgIpc) is 2.99. The van der Waals surface area contributed by atoms with Crippen LogP contribution < -0.4 is 10.6 Å². The summed E-state index contributed by atoms with van der Waals surface area (Å²) in [7, 11) is 0. The highest BCUT2D eigenvalue weighted by atomic mass is 16.5. The minimum atomic E-state index is -0.332. The van der Waals surface area contributed by atoms with Crippen molar-refractivity contribution in [3.8, 4) is 0 Å². The predicted octanol–water partition coefficient (Wildman–Crippen LogP) is 2.25. The molecule has 0 aliphatic carbocycles. The molecule has 1 heterocycles. The number of aliphatic hydroxyl groups excluding tert-OH is 1. The van der Waals surface area contributed by atoms with Crippen molar-refractivity contribution >= 4 is 6.03 Å². The molecule has 3 N–H and O–H groups in total. The Hall–Kier alpha value is -2.41. The molecule has 1 aromatic carbocycles. The van der Waals surface area contributed by atoms with Crippen molar-refractivity contribution in [3.63, 3.8) is 0 Å². The highest BCUT2D eigenvalue weighted by molar-refractivity contribution is 5.74. The Morgan fingerprint density at radius 1 is 1.26 bits per heavy atom. The summed E-state index contributed by atoms with van der Waals surface area (Å²) in [4.78, 5) is 16.4. The zero-order valence-corrected chi connectivity index (χ0v) is 13.3. The number of carbonyl (C=O) groups excluding carboxylic acids is 1. The van der Waals surface area contributed by atoms with Gasteiger partial charge in [0.05, 0.1) is 12.1 Å². The first-order valence-corrected chi connectivity index (χ1v) is 7.67. The number of nitrogens with one attached hydrogen (secondary N) is 2. The molecular formula is C16H22N4O3. The fourth-order valence-electron chi connectivity index (χ4n) is 2.30. The molecule has 1 aromatic heterocycles. The van der Waals surface area contributed by atoms with Gasteiger partial charge in [-0.1, -0.05) is 42.4 Å². The second-order valence-corrected chi connectivity index (χ2v) is 5.23. The van der Waals surface area contributed by atoms with Crippen LogP contribution in [0.15, 0.2) is 34.9 Å². The molecule has 7 nitrogen and oxygen atoms in total. The minimum absolute atomic E-state index is 0.0128. The van der Waals surface area contributed by atoms with Gasteiger partial charge >= 0.3 is 6.03 Å². The number of rotatable bonds is 7. The van der Waals surface area contributed by atoms with E-state index in [1.807, 2.05) is 37.3 Å². The summed E-state index contributed by atoms with van der Waals surface area (Å²) < 4.78 is 4.95. The van der Waals surface area contributed by atoms with Gasteiger partial charge in [-0.2, -0.15) is 4.98 Å². The highest BCUT2D eigenvalue weighted by Gasteiger charge is 2.20. The lowest BCUT2D eigenvalue weighted by Gasteiger charge is -2.20. The molecule has 2 amide bonds. The van der Waals surface area contributed by atoms with Gasteiger partial charge in [-0.25, -0.2) is 4.79 Å². The minimum Gasteiger partial charge on any atom is -0.396 e. The number of urea groups is 1. The van der Waals surface area contributed by atoms with E-state index in [2.05, 4.69) is 20.8 Å². The molecule has 0 aliphatic rings. The maximum atomic E-state index is 12.3. The van der Waals surface area contributed by atoms with Crippen LogP contribution in [0.2, 0.25) is 0 Å². The SMILES string of the molecule is CCC(NC(=O)N[C@H](CCO)c1ccccc1)c1noc(C)n1. The Kier molecular flexibility index (Phi) is 6.10. The van der Waals surface area contributed by atoms with Crippen LogP contribution in [-0.4, -0.2) is 27.9 Å². The van der Waals surface area contributed by atoms with Crippen LogP contribution in [-0.2, 0) is 0 Å². The van der Waals surface area contributed by atoms with Crippen LogP contribution in [0.1, 0.15) is 49.1 Å². The maximum absolute atomic E-state index is 12.3. The fourth-order valence-corrected chi connectivity index (χ4v) is 2.30. The van der Waals surface area contributed by atoms with Gasteiger partial charge in [0.15, 0.2) is 5.82 Å². The number of amides is 2. The molecule has 2 rings (SSSR count). The summed E-state index contributed by atoms with van der Waals surface area (Å²) in [6.45, 7) is 3.62. The first-order chi connectivity index (χ1) is 11.1. The van der Waals surface area contributed by atoms with Gasteiger partial charge < -0.3 is 20.3 Å². The number of nitrogens with zero attached hydrogens (tertiary/aromatic N) is 2. The molecular weight excluding hydrogens is 296 g/mol. The third-order valence-electron chi connectivity index (χ3n) is 3.49. The Morgan fingerprint density at radius 2 is 1.96 bits per heavy atom. The van der Waals surface area contributed by atoms with E-state index in [1.54, 1.807) is 6.92 Å². The van der Waals surface area contributed by atoms with Gasteiger partial charge in [-0.15, -0.1) is 0 Å². The van der Waals surface area contributed by atoms with E-state index in [9.17, 15) is 9.90 Å². The number of benzene rings is 1. The van der Waals surface area contributed by atoms with Crippen LogP contribution in [0.5, 0.6) is 0 Å². The van der Waals surface area contributed by atoms with E-state index in [-0.39, 0.29) is 24.7 Å². The summed E-state index contributed by atoms with van der Waals surface area (Å²) in [5.41, 5.74) is 0.945. The lowest BCUT2D eigenvalue weighted by Crippen LogP contribution is -2.40. The van der Waals surface area contributed by atoms with Gasteiger partial charge in [-0.05, 0) is 18.4 Å². The number of carbonyl (C=O) groups is 1. The van der Waals surface area contributed by atoms with Gasteiger partial charge in [0.2, 0.25) is 5.89 Å². The van der Waals surface area contributed by atoms with E-state index in [0.717, 1.165) is 5.56 Å². The summed E-state index contributed by atoms with van der Waals surface area (Å²) in [5, 5.41) is 18.8. The van der Waals surface area contributed by atoms with Gasteiger partial charge in [0, 0.05) is 13.5 Å². The number of hydrogen-bond acceptors (Lipinski definition) is 5. The predicted molar refractivity (Wildman–Crippen MR) is 84.6 cm³/mol. The zero-order valence-electron chi connectivity index (χ0n) is 13.3.